The standard InChI is InChI=1S/C18H17NO3S/c1-2-23-16-10-6-5-9-14(16)19-17(20)15-11-12-7-3-4-8-13(12)18(21)22-15/h3-10,15H,2,11H2,1H3,(H,19,20). The van der Waals surface area contributed by atoms with E-state index >= 15 is 0 Å². The number of ether oxygens (including phenoxy) is 1. The minimum Gasteiger partial charge on any atom is -0.448 e. The van der Waals surface area contributed by atoms with Crippen LogP contribution in [-0.4, -0.2) is 23.7 Å². The average Bonchev–Trinajstić information content (AvgIpc) is 2.57. The Morgan fingerprint density at radius 1 is 1.22 bits per heavy atom. The fraction of sp³-hybridized carbons (Fsp3) is 0.222. The summed E-state index contributed by atoms with van der Waals surface area (Å²) in [7, 11) is 0. The fourth-order valence-corrected chi connectivity index (χ4v) is 3.30. The maximum Gasteiger partial charge on any atom is 0.339 e. The van der Waals surface area contributed by atoms with Gasteiger partial charge in [0.1, 0.15) is 0 Å². The highest BCUT2D eigenvalue weighted by atomic mass is 32.2. The topological polar surface area (TPSA) is 55.4 Å². The van der Waals surface area contributed by atoms with Gasteiger partial charge in [-0.3, -0.25) is 4.79 Å². The molecule has 0 saturated carbocycles. The third-order valence-electron chi connectivity index (χ3n) is 3.63. The zero-order chi connectivity index (χ0) is 16.2. The van der Waals surface area contributed by atoms with Gasteiger partial charge >= 0.3 is 5.97 Å². The number of thioether (sulfide) groups is 1. The lowest BCUT2D eigenvalue weighted by molar-refractivity contribution is -0.125. The Morgan fingerprint density at radius 2 is 1.96 bits per heavy atom. The second-order valence-corrected chi connectivity index (χ2v) is 6.48. The van der Waals surface area contributed by atoms with Gasteiger partial charge < -0.3 is 10.1 Å². The SMILES string of the molecule is CCSc1ccccc1NC(=O)C1Cc2ccccc2C(=O)O1. The first-order chi connectivity index (χ1) is 11.2. The fourth-order valence-electron chi connectivity index (χ4n) is 2.54. The van der Waals surface area contributed by atoms with Gasteiger partial charge in [-0.25, -0.2) is 4.79 Å². The lowest BCUT2D eigenvalue weighted by Gasteiger charge is -2.24. The molecule has 2 aromatic carbocycles. The van der Waals surface area contributed by atoms with E-state index < -0.39 is 12.1 Å². The van der Waals surface area contributed by atoms with Crippen molar-refractivity contribution >= 4 is 29.3 Å². The zero-order valence-electron chi connectivity index (χ0n) is 12.7. The van der Waals surface area contributed by atoms with Crippen molar-refractivity contribution in [1.82, 2.24) is 0 Å². The third-order valence-corrected chi connectivity index (χ3v) is 4.58. The van der Waals surface area contributed by atoms with Gasteiger partial charge in [-0.2, -0.15) is 0 Å². The van der Waals surface area contributed by atoms with E-state index in [0.29, 0.717) is 12.0 Å². The quantitative estimate of drug-likeness (QED) is 0.689. The van der Waals surface area contributed by atoms with Crippen LogP contribution in [0.15, 0.2) is 53.4 Å². The Bertz CT molecular complexity index is 745. The first kappa shape index (κ1) is 15.6. The number of anilines is 1. The lowest BCUT2D eigenvalue weighted by Crippen LogP contribution is -2.38. The van der Waals surface area contributed by atoms with Gasteiger partial charge in [0.2, 0.25) is 0 Å². The molecule has 1 aliphatic rings. The summed E-state index contributed by atoms with van der Waals surface area (Å²) in [5, 5.41) is 2.88. The molecule has 1 heterocycles. The van der Waals surface area contributed by atoms with Crippen molar-refractivity contribution in [3.63, 3.8) is 0 Å². The maximum absolute atomic E-state index is 12.5. The van der Waals surface area contributed by atoms with Crippen molar-refractivity contribution in [2.24, 2.45) is 0 Å². The number of para-hydroxylation sites is 1. The van der Waals surface area contributed by atoms with Crippen LogP contribution in [0.5, 0.6) is 0 Å². The predicted molar refractivity (Wildman–Crippen MR) is 90.8 cm³/mol. The highest BCUT2D eigenvalue weighted by Gasteiger charge is 2.31. The molecule has 0 saturated heterocycles. The van der Waals surface area contributed by atoms with E-state index in [9.17, 15) is 9.59 Å². The van der Waals surface area contributed by atoms with Crippen molar-refractivity contribution in [3.05, 3.63) is 59.7 Å². The van der Waals surface area contributed by atoms with E-state index in [2.05, 4.69) is 12.2 Å². The summed E-state index contributed by atoms with van der Waals surface area (Å²) < 4.78 is 5.29. The highest BCUT2D eigenvalue weighted by molar-refractivity contribution is 7.99. The molecular formula is C18H17NO3S. The number of benzene rings is 2. The van der Waals surface area contributed by atoms with E-state index in [1.165, 1.54) is 0 Å². The molecule has 3 rings (SSSR count). The molecule has 0 bridgehead atoms. The van der Waals surface area contributed by atoms with Gasteiger partial charge in [0, 0.05) is 11.3 Å². The van der Waals surface area contributed by atoms with Crippen LogP contribution in [0, 0.1) is 0 Å². The third kappa shape index (κ3) is 3.40. The number of fused-ring (bicyclic) bond motifs is 1. The van der Waals surface area contributed by atoms with Crippen LogP contribution < -0.4 is 5.32 Å². The average molecular weight is 327 g/mol. The molecule has 0 fully saturated rings. The molecule has 2 aromatic rings. The normalized spacial score (nSPS) is 16.4. The van der Waals surface area contributed by atoms with Gasteiger partial charge in [0.05, 0.1) is 11.3 Å². The minimum absolute atomic E-state index is 0.294. The molecule has 0 spiro atoms. The van der Waals surface area contributed by atoms with E-state index in [-0.39, 0.29) is 5.91 Å². The molecular weight excluding hydrogens is 310 g/mol. The molecule has 0 radical (unpaired) electrons. The summed E-state index contributed by atoms with van der Waals surface area (Å²) in [6.07, 6.45) is -0.395. The number of carbonyl (C=O) groups excluding carboxylic acids is 2. The number of nitrogens with one attached hydrogen (secondary N) is 1. The monoisotopic (exact) mass is 327 g/mol. The number of cyclic esters (lactones) is 1. The Labute approximate surface area is 139 Å². The second kappa shape index (κ2) is 6.87. The predicted octanol–water partition coefficient (Wildman–Crippen LogP) is 3.52. The van der Waals surface area contributed by atoms with Crippen molar-refractivity contribution in [2.75, 3.05) is 11.1 Å². The Hall–Kier alpha value is -2.27. The molecule has 1 amide bonds. The number of esters is 1. The molecule has 1 N–H and O–H groups in total. The summed E-state index contributed by atoms with van der Waals surface area (Å²) in [6.45, 7) is 2.06. The van der Waals surface area contributed by atoms with E-state index in [1.807, 2.05) is 36.4 Å². The molecule has 118 valence electrons. The highest BCUT2D eigenvalue weighted by Crippen LogP contribution is 2.28. The first-order valence-corrected chi connectivity index (χ1v) is 8.49. The van der Waals surface area contributed by atoms with Gasteiger partial charge in [0.15, 0.2) is 6.10 Å². The van der Waals surface area contributed by atoms with Crippen LogP contribution in [-0.2, 0) is 16.0 Å². The van der Waals surface area contributed by atoms with Crippen LogP contribution in [0.2, 0.25) is 0 Å². The van der Waals surface area contributed by atoms with Crippen molar-refractivity contribution in [3.8, 4) is 0 Å². The summed E-state index contributed by atoms with van der Waals surface area (Å²) in [4.78, 5) is 25.5. The smallest absolute Gasteiger partial charge is 0.339 e. The van der Waals surface area contributed by atoms with E-state index in [1.54, 1.807) is 23.9 Å². The van der Waals surface area contributed by atoms with E-state index in [4.69, 9.17) is 4.74 Å². The van der Waals surface area contributed by atoms with Gasteiger partial charge in [-0.05, 0) is 29.5 Å². The largest absolute Gasteiger partial charge is 0.448 e. The van der Waals surface area contributed by atoms with Crippen LogP contribution in [0.3, 0.4) is 0 Å². The molecule has 4 nitrogen and oxygen atoms in total. The summed E-state index contributed by atoms with van der Waals surface area (Å²) in [5.41, 5.74) is 2.14. The van der Waals surface area contributed by atoms with Crippen LogP contribution in [0.25, 0.3) is 0 Å². The van der Waals surface area contributed by atoms with Gasteiger partial charge in [0.25, 0.3) is 5.91 Å². The number of hydrogen-bond donors (Lipinski definition) is 1. The Balaban J connectivity index is 1.76. The summed E-state index contributed by atoms with van der Waals surface area (Å²) in [6, 6.07) is 14.9. The molecule has 1 unspecified atom stereocenters. The summed E-state index contributed by atoms with van der Waals surface area (Å²) >= 11 is 1.66. The van der Waals surface area contributed by atoms with Crippen LogP contribution in [0.4, 0.5) is 5.69 Å². The molecule has 0 aliphatic carbocycles. The van der Waals surface area contributed by atoms with Crippen molar-refractivity contribution < 1.29 is 14.3 Å². The van der Waals surface area contributed by atoms with Gasteiger partial charge in [-0.15, -0.1) is 11.8 Å². The van der Waals surface area contributed by atoms with Crippen LogP contribution in [0.1, 0.15) is 22.8 Å². The molecule has 5 heteroatoms. The second-order valence-electron chi connectivity index (χ2n) is 5.17. The Kier molecular flexibility index (Phi) is 4.67. The number of hydrogen-bond acceptors (Lipinski definition) is 4. The molecule has 0 aromatic heterocycles. The Morgan fingerprint density at radius 3 is 2.78 bits per heavy atom. The molecule has 1 atom stereocenters. The number of rotatable bonds is 4. The number of amides is 1. The van der Waals surface area contributed by atoms with E-state index in [0.717, 1.165) is 21.9 Å². The number of carbonyl (C=O) groups is 2. The maximum atomic E-state index is 12.5. The van der Waals surface area contributed by atoms with Crippen molar-refractivity contribution in [1.29, 1.82) is 0 Å². The molecule has 23 heavy (non-hydrogen) atoms. The molecule has 1 aliphatic heterocycles. The minimum atomic E-state index is -0.794. The van der Waals surface area contributed by atoms with Gasteiger partial charge in [-0.1, -0.05) is 37.3 Å². The first-order valence-electron chi connectivity index (χ1n) is 7.50. The van der Waals surface area contributed by atoms with Crippen molar-refractivity contribution in [2.45, 2.75) is 24.3 Å². The lowest BCUT2D eigenvalue weighted by atomic mass is 9.98. The zero-order valence-corrected chi connectivity index (χ0v) is 13.6. The summed E-state index contributed by atoms with van der Waals surface area (Å²) in [5.74, 6) is 0.179. The van der Waals surface area contributed by atoms with Crippen LogP contribution >= 0.6 is 11.8 Å².